The van der Waals surface area contributed by atoms with Crippen molar-refractivity contribution in [3.63, 3.8) is 0 Å². The van der Waals surface area contributed by atoms with Crippen LogP contribution in [0.3, 0.4) is 0 Å². The maximum atomic E-state index is 12.8. The summed E-state index contributed by atoms with van der Waals surface area (Å²) in [5, 5.41) is 2.56. The molecule has 0 amide bonds. The molecule has 0 spiro atoms. The van der Waals surface area contributed by atoms with Gasteiger partial charge in [0.1, 0.15) is 17.5 Å². The Labute approximate surface area is 93.4 Å². The van der Waals surface area contributed by atoms with E-state index in [0.29, 0.717) is 17.1 Å². The van der Waals surface area contributed by atoms with Gasteiger partial charge in [-0.3, -0.25) is 0 Å². The minimum Gasteiger partial charge on any atom is -0.496 e. The molecule has 1 atom stereocenters. The summed E-state index contributed by atoms with van der Waals surface area (Å²) in [7, 11) is 4.36. The highest BCUT2D eigenvalue weighted by Crippen LogP contribution is 2.36. The smallest absolute Gasteiger partial charge is 0.258 e. The first-order valence-corrected chi connectivity index (χ1v) is 4.82. The molecule has 0 saturated heterocycles. The lowest BCUT2D eigenvalue weighted by Gasteiger charge is -2.20. The van der Waals surface area contributed by atoms with Crippen molar-refractivity contribution in [2.45, 2.75) is 12.5 Å². The fourth-order valence-electron chi connectivity index (χ4n) is 1.58. The Bertz CT molecular complexity index is 323. The molecule has 5 heteroatoms. The Kier molecular flexibility index (Phi) is 4.49. The van der Waals surface area contributed by atoms with E-state index in [1.54, 1.807) is 18.2 Å². The highest BCUT2D eigenvalue weighted by atomic mass is 19.3. The van der Waals surface area contributed by atoms with Gasteiger partial charge >= 0.3 is 0 Å². The van der Waals surface area contributed by atoms with Crippen LogP contribution in [0.2, 0.25) is 0 Å². The van der Waals surface area contributed by atoms with Gasteiger partial charge in [0.2, 0.25) is 0 Å². The number of hydrogen-bond donors (Lipinski definition) is 1. The molecule has 1 aromatic rings. The number of benzene rings is 1. The van der Waals surface area contributed by atoms with Gasteiger partial charge in [0.05, 0.1) is 19.8 Å². The molecule has 0 aliphatic rings. The fourth-order valence-corrected chi connectivity index (χ4v) is 1.58. The fraction of sp³-hybridized carbons (Fsp3) is 0.455. The Morgan fingerprint density at radius 3 is 1.94 bits per heavy atom. The molecule has 1 aromatic carbocycles. The summed E-state index contributed by atoms with van der Waals surface area (Å²) >= 11 is 0. The zero-order valence-corrected chi connectivity index (χ0v) is 9.46. The predicted octanol–water partition coefficient (Wildman–Crippen LogP) is 2.23. The van der Waals surface area contributed by atoms with Crippen LogP contribution in [0.1, 0.15) is 11.6 Å². The maximum absolute atomic E-state index is 12.8. The zero-order valence-electron chi connectivity index (χ0n) is 9.46. The van der Waals surface area contributed by atoms with Gasteiger partial charge in [-0.25, -0.2) is 8.78 Å². The topological polar surface area (TPSA) is 30.5 Å². The Morgan fingerprint density at radius 1 is 1.12 bits per heavy atom. The van der Waals surface area contributed by atoms with Crippen molar-refractivity contribution in [2.24, 2.45) is 0 Å². The second-order valence-electron chi connectivity index (χ2n) is 3.18. The minimum atomic E-state index is -2.53. The van der Waals surface area contributed by atoms with Crippen molar-refractivity contribution in [3.8, 4) is 11.5 Å². The van der Waals surface area contributed by atoms with E-state index in [1.165, 1.54) is 21.3 Å². The van der Waals surface area contributed by atoms with E-state index < -0.39 is 12.5 Å². The van der Waals surface area contributed by atoms with Gasteiger partial charge in [-0.05, 0) is 19.2 Å². The first-order chi connectivity index (χ1) is 7.65. The lowest BCUT2D eigenvalue weighted by atomic mass is 10.0. The second kappa shape index (κ2) is 5.65. The molecular weight excluding hydrogens is 216 g/mol. The lowest BCUT2D eigenvalue weighted by molar-refractivity contribution is 0.0995. The van der Waals surface area contributed by atoms with Crippen molar-refractivity contribution in [3.05, 3.63) is 23.8 Å². The van der Waals surface area contributed by atoms with E-state index in [-0.39, 0.29) is 0 Å². The average molecular weight is 231 g/mol. The van der Waals surface area contributed by atoms with Crippen LogP contribution in [0.5, 0.6) is 11.5 Å². The van der Waals surface area contributed by atoms with Crippen LogP contribution in [0.25, 0.3) is 0 Å². The van der Waals surface area contributed by atoms with E-state index in [1.807, 2.05) is 0 Å². The van der Waals surface area contributed by atoms with Crippen LogP contribution < -0.4 is 14.8 Å². The average Bonchev–Trinajstić information content (AvgIpc) is 2.29. The van der Waals surface area contributed by atoms with Crippen molar-refractivity contribution in [1.82, 2.24) is 5.32 Å². The Hall–Kier alpha value is -1.36. The first-order valence-electron chi connectivity index (χ1n) is 4.82. The molecule has 90 valence electrons. The molecule has 0 aliphatic heterocycles. The van der Waals surface area contributed by atoms with Crippen LogP contribution in [-0.4, -0.2) is 27.7 Å². The number of ether oxygens (including phenoxy) is 2. The number of rotatable bonds is 5. The molecule has 1 rings (SSSR count). The van der Waals surface area contributed by atoms with Crippen molar-refractivity contribution in [2.75, 3.05) is 21.3 Å². The third-order valence-electron chi connectivity index (χ3n) is 2.34. The van der Waals surface area contributed by atoms with Gasteiger partial charge in [0.25, 0.3) is 6.43 Å². The van der Waals surface area contributed by atoms with Gasteiger partial charge in [-0.2, -0.15) is 0 Å². The van der Waals surface area contributed by atoms with Crippen LogP contribution in [0.15, 0.2) is 18.2 Å². The third-order valence-corrected chi connectivity index (χ3v) is 2.34. The summed E-state index contributed by atoms with van der Waals surface area (Å²) in [5.41, 5.74) is 0.338. The van der Waals surface area contributed by atoms with E-state index in [2.05, 4.69) is 5.32 Å². The molecule has 16 heavy (non-hydrogen) atoms. The summed E-state index contributed by atoms with van der Waals surface area (Å²) < 4.78 is 35.8. The van der Waals surface area contributed by atoms with Crippen LogP contribution >= 0.6 is 0 Å². The third kappa shape index (κ3) is 2.41. The van der Waals surface area contributed by atoms with E-state index in [4.69, 9.17) is 9.47 Å². The number of halogens is 2. The monoisotopic (exact) mass is 231 g/mol. The molecule has 0 heterocycles. The predicted molar refractivity (Wildman–Crippen MR) is 57.4 cm³/mol. The Balaban J connectivity index is 3.26. The van der Waals surface area contributed by atoms with Crippen molar-refractivity contribution in [1.29, 1.82) is 0 Å². The normalized spacial score (nSPS) is 12.6. The van der Waals surface area contributed by atoms with Gasteiger partial charge in [0, 0.05) is 0 Å². The van der Waals surface area contributed by atoms with Crippen LogP contribution in [-0.2, 0) is 0 Å². The van der Waals surface area contributed by atoms with Gasteiger partial charge < -0.3 is 14.8 Å². The van der Waals surface area contributed by atoms with Gasteiger partial charge in [-0.1, -0.05) is 6.07 Å². The number of hydrogen-bond acceptors (Lipinski definition) is 3. The van der Waals surface area contributed by atoms with Crippen LogP contribution in [0, 0.1) is 0 Å². The van der Waals surface area contributed by atoms with Crippen molar-refractivity contribution >= 4 is 0 Å². The summed E-state index contributed by atoms with van der Waals surface area (Å²) in [5.74, 6) is 0.776. The largest absolute Gasteiger partial charge is 0.496 e. The standard InChI is InChI=1S/C11H15F2NO2/c1-14-10(11(12)13)9-7(15-2)5-4-6-8(9)16-3/h4-6,10-11,14H,1-3H3. The van der Waals surface area contributed by atoms with E-state index >= 15 is 0 Å². The second-order valence-corrected chi connectivity index (χ2v) is 3.18. The molecule has 0 saturated carbocycles. The molecule has 0 radical (unpaired) electrons. The SMILES string of the molecule is CNC(c1c(OC)cccc1OC)C(F)F. The number of methoxy groups -OCH3 is 2. The molecule has 3 nitrogen and oxygen atoms in total. The number of alkyl halides is 2. The van der Waals surface area contributed by atoms with Crippen molar-refractivity contribution < 1.29 is 18.3 Å². The summed E-state index contributed by atoms with van der Waals surface area (Å²) in [6.45, 7) is 0. The molecule has 0 aromatic heterocycles. The van der Waals surface area contributed by atoms with Crippen LogP contribution in [0.4, 0.5) is 8.78 Å². The highest BCUT2D eigenvalue weighted by Gasteiger charge is 2.27. The quantitative estimate of drug-likeness (QED) is 0.843. The maximum Gasteiger partial charge on any atom is 0.258 e. The summed E-state index contributed by atoms with van der Waals surface area (Å²) in [6, 6.07) is 3.85. The summed E-state index contributed by atoms with van der Waals surface area (Å²) in [6.07, 6.45) is -2.53. The van der Waals surface area contributed by atoms with Gasteiger partial charge in [0.15, 0.2) is 0 Å². The first kappa shape index (κ1) is 12.7. The molecule has 1 unspecified atom stereocenters. The summed E-state index contributed by atoms with van der Waals surface area (Å²) in [4.78, 5) is 0. The molecule has 1 N–H and O–H groups in total. The highest BCUT2D eigenvalue weighted by molar-refractivity contribution is 5.47. The minimum absolute atomic E-state index is 0.338. The lowest BCUT2D eigenvalue weighted by Crippen LogP contribution is -2.24. The Morgan fingerprint density at radius 2 is 1.62 bits per heavy atom. The number of nitrogens with one attached hydrogen (secondary N) is 1. The molecule has 0 aliphatic carbocycles. The zero-order chi connectivity index (χ0) is 12.1. The van der Waals surface area contributed by atoms with E-state index in [0.717, 1.165) is 0 Å². The van der Waals surface area contributed by atoms with Gasteiger partial charge in [-0.15, -0.1) is 0 Å². The molecular formula is C11H15F2NO2. The molecule has 0 bridgehead atoms. The van der Waals surface area contributed by atoms with E-state index in [9.17, 15) is 8.78 Å². The molecule has 0 fully saturated rings.